The second-order valence-electron chi connectivity index (χ2n) is 5.71. The van der Waals surface area contributed by atoms with Gasteiger partial charge >= 0.3 is 6.09 Å². The van der Waals surface area contributed by atoms with Crippen LogP contribution in [0.4, 0.5) is 9.18 Å². The number of halogens is 1. The molecule has 0 bridgehead atoms. The van der Waals surface area contributed by atoms with Crippen LogP contribution in [-0.2, 0) is 4.74 Å². The molecule has 1 N–H and O–H groups in total. The number of carbonyl (C=O) groups is 1. The summed E-state index contributed by atoms with van der Waals surface area (Å²) in [5.41, 5.74) is -0.508. The molecule has 17 heavy (non-hydrogen) atoms. The van der Waals surface area contributed by atoms with Crippen molar-refractivity contribution in [2.45, 2.75) is 39.0 Å². The molecule has 0 spiro atoms. The molecule has 0 saturated carbocycles. The number of carbonyl (C=O) groups excluding carboxylic acids is 1. The van der Waals surface area contributed by atoms with Crippen LogP contribution >= 0.6 is 0 Å². The lowest BCUT2D eigenvalue weighted by Crippen LogP contribution is -2.45. The van der Waals surface area contributed by atoms with Crippen molar-refractivity contribution in [2.75, 3.05) is 26.7 Å². The number of hydrogen-bond acceptors (Lipinski definition) is 3. The summed E-state index contributed by atoms with van der Waals surface area (Å²) in [6, 6.07) is 0. The lowest BCUT2D eigenvalue weighted by molar-refractivity contribution is 0.0479. The van der Waals surface area contributed by atoms with E-state index in [1.807, 2.05) is 11.9 Å². The quantitative estimate of drug-likeness (QED) is 0.808. The molecule has 1 aliphatic rings. The van der Waals surface area contributed by atoms with E-state index < -0.39 is 17.9 Å². The number of piperidine rings is 1. The van der Waals surface area contributed by atoms with Gasteiger partial charge in [0.05, 0.1) is 0 Å². The Morgan fingerprint density at radius 1 is 1.53 bits per heavy atom. The maximum absolute atomic E-state index is 13.7. The summed E-state index contributed by atoms with van der Waals surface area (Å²) in [5, 5.41) is 2.63. The van der Waals surface area contributed by atoms with Crippen molar-refractivity contribution in [3.63, 3.8) is 0 Å². The standard InChI is InChI=1S/C12H23FN2O2/c1-12(2,3)17-11(16)14-7-9-5-6-15(4)8-10(9)13/h9-10H,5-8H2,1-4H3,(H,14,16)/t9-,10-/m0/s1. The number of nitrogens with zero attached hydrogens (tertiary/aromatic N) is 1. The first-order valence-corrected chi connectivity index (χ1v) is 6.07. The summed E-state index contributed by atoms with van der Waals surface area (Å²) >= 11 is 0. The Hall–Kier alpha value is -0.840. The molecule has 0 aromatic heterocycles. The molecule has 4 nitrogen and oxygen atoms in total. The summed E-state index contributed by atoms with van der Waals surface area (Å²) in [5.74, 6) is -0.0984. The smallest absolute Gasteiger partial charge is 0.407 e. The van der Waals surface area contributed by atoms with Gasteiger partial charge in [0.2, 0.25) is 0 Å². The molecule has 5 heteroatoms. The summed E-state index contributed by atoms with van der Waals surface area (Å²) in [7, 11) is 1.91. The Bertz CT molecular complexity index is 266. The summed E-state index contributed by atoms with van der Waals surface area (Å²) in [6.07, 6.45) is -0.569. The zero-order valence-electron chi connectivity index (χ0n) is 11.1. The topological polar surface area (TPSA) is 41.6 Å². The highest BCUT2D eigenvalue weighted by Crippen LogP contribution is 2.19. The fourth-order valence-corrected chi connectivity index (χ4v) is 1.86. The molecule has 0 aromatic rings. The third-order valence-electron chi connectivity index (χ3n) is 2.79. The Labute approximate surface area is 102 Å². The summed E-state index contributed by atoms with van der Waals surface area (Å²) in [4.78, 5) is 13.4. The SMILES string of the molecule is CN1CC[C@@H](CNC(=O)OC(C)(C)C)[C@@H](F)C1. The molecule has 1 saturated heterocycles. The van der Waals surface area contributed by atoms with Crippen LogP contribution in [0.1, 0.15) is 27.2 Å². The van der Waals surface area contributed by atoms with Crippen LogP contribution in [0.15, 0.2) is 0 Å². The van der Waals surface area contributed by atoms with Gasteiger partial charge in [-0.25, -0.2) is 9.18 Å². The Balaban J connectivity index is 2.28. The van der Waals surface area contributed by atoms with Crippen molar-refractivity contribution in [3.8, 4) is 0 Å². The number of likely N-dealkylation sites (tertiary alicyclic amines) is 1. The van der Waals surface area contributed by atoms with Gasteiger partial charge in [0.25, 0.3) is 0 Å². The number of hydrogen-bond donors (Lipinski definition) is 1. The van der Waals surface area contributed by atoms with Gasteiger partial charge < -0.3 is 15.0 Å². The molecule has 1 heterocycles. The van der Waals surface area contributed by atoms with Crippen molar-refractivity contribution in [1.29, 1.82) is 0 Å². The van der Waals surface area contributed by atoms with Gasteiger partial charge in [-0.2, -0.15) is 0 Å². The van der Waals surface area contributed by atoms with Crippen LogP contribution in [0.25, 0.3) is 0 Å². The molecule has 0 aliphatic carbocycles. The lowest BCUT2D eigenvalue weighted by atomic mass is 9.95. The Kier molecular flexibility index (Phi) is 4.74. The fraction of sp³-hybridized carbons (Fsp3) is 0.917. The number of nitrogens with one attached hydrogen (secondary N) is 1. The molecular weight excluding hydrogens is 223 g/mol. The van der Waals surface area contributed by atoms with Crippen molar-refractivity contribution in [2.24, 2.45) is 5.92 Å². The highest BCUT2D eigenvalue weighted by Gasteiger charge is 2.28. The first-order valence-electron chi connectivity index (χ1n) is 6.07. The van der Waals surface area contributed by atoms with E-state index in [0.29, 0.717) is 13.1 Å². The van der Waals surface area contributed by atoms with Gasteiger partial charge in [0.15, 0.2) is 0 Å². The minimum Gasteiger partial charge on any atom is -0.444 e. The van der Waals surface area contributed by atoms with Crippen molar-refractivity contribution in [3.05, 3.63) is 0 Å². The summed E-state index contributed by atoms with van der Waals surface area (Å²) < 4.78 is 18.8. The van der Waals surface area contributed by atoms with E-state index in [-0.39, 0.29) is 5.92 Å². The lowest BCUT2D eigenvalue weighted by Gasteiger charge is -2.32. The minimum absolute atomic E-state index is 0.0984. The highest BCUT2D eigenvalue weighted by molar-refractivity contribution is 5.67. The van der Waals surface area contributed by atoms with Gasteiger partial charge in [0.1, 0.15) is 11.8 Å². The van der Waals surface area contributed by atoms with E-state index in [1.165, 1.54) is 0 Å². The molecule has 0 radical (unpaired) electrons. The number of amides is 1. The molecule has 100 valence electrons. The van der Waals surface area contributed by atoms with Crippen molar-refractivity contribution >= 4 is 6.09 Å². The van der Waals surface area contributed by atoms with E-state index in [2.05, 4.69) is 5.32 Å². The van der Waals surface area contributed by atoms with Gasteiger partial charge in [-0.15, -0.1) is 0 Å². The molecule has 0 aromatic carbocycles. The number of ether oxygens (including phenoxy) is 1. The van der Waals surface area contributed by atoms with E-state index >= 15 is 0 Å². The van der Waals surface area contributed by atoms with Gasteiger partial charge in [-0.3, -0.25) is 0 Å². The molecule has 1 fully saturated rings. The van der Waals surface area contributed by atoms with Gasteiger partial charge in [-0.05, 0) is 40.8 Å². The van der Waals surface area contributed by atoms with E-state index in [1.54, 1.807) is 20.8 Å². The largest absolute Gasteiger partial charge is 0.444 e. The number of alkyl carbamates (subject to hydrolysis) is 1. The molecule has 0 unspecified atom stereocenters. The predicted octanol–water partition coefficient (Wildman–Crippen LogP) is 1.80. The number of rotatable bonds is 2. The zero-order chi connectivity index (χ0) is 13.1. The first kappa shape index (κ1) is 14.2. The second kappa shape index (κ2) is 5.67. The fourth-order valence-electron chi connectivity index (χ4n) is 1.86. The van der Waals surface area contributed by atoms with Crippen LogP contribution in [0.2, 0.25) is 0 Å². The average Bonchev–Trinajstić information content (AvgIpc) is 2.13. The Morgan fingerprint density at radius 2 is 2.18 bits per heavy atom. The first-order chi connectivity index (χ1) is 7.78. The summed E-state index contributed by atoms with van der Waals surface area (Å²) in [6.45, 7) is 7.09. The van der Waals surface area contributed by atoms with Crippen LogP contribution in [-0.4, -0.2) is 49.4 Å². The van der Waals surface area contributed by atoms with Crippen molar-refractivity contribution in [1.82, 2.24) is 10.2 Å². The van der Waals surface area contributed by atoms with Crippen LogP contribution in [0.5, 0.6) is 0 Å². The molecular formula is C12H23FN2O2. The number of alkyl halides is 1. The Morgan fingerprint density at radius 3 is 2.71 bits per heavy atom. The van der Waals surface area contributed by atoms with Crippen LogP contribution < -0.4 is 5.32 Å². The molecule has 1 amide bonds. The second-order valence-corrected chi connectivity index (χ2v) is 5.71. The third-order valence-corrected chi connectivity index (χ3v) is 2.79. The van der Waals surface area contributed by atoms with E-state index in [0.717, 1.165) is 13.0 Å². The van der Waals surface area contributed by atoms with Gasteiger partial charge in [0, 0.05) is 19.0 Å². The average molecular weight is 246 g/mol. The van der Waals surface area contributed by atoms with Crippen LogP contribution in [0, 0.1) is 5.92 Å². The molecule has 2 atom stereocenters. The van der Waals surface area contributed by atoms with Crippen molar-refractivity contribution < 1.29 is 13.9 Å². The molecule has 1 aliphatic heterocycles. The van der Waals surface area contributed by atoms with E-state index in [9.17, 15) is 9.18 Å². The maximum atomic E-state index is 13.7. The third kappa shape index (κ3) is 5.35. The normalized spacial score (nSPS) is 26.6. The zero-order valence-corrected chi connectivity index (χ0v) is 11.1. The van der Waals surface area contributed by atoms with Crippen LogP contribution in [0.3, 0.4) is 0 Å². The van der Waals surface area contributed by atoms with Gasteiger partial charge in [-0.1, -0.05) is 0 Å². The molecule has 1 rings (SSSR count). The highest BCUT2D eigenvalue weighted by atomic mass is 19.1. The predicted molar refractivity (Wildman–Crippen MR) is 64.7 cm³/mol. The maximum Gasteiger partial charge on any atom is 0.407 e. The monoisotopic (exact) mass is 246 g/mol. The minimum atomic E-state index is -0.872. The van der Waals surface area contributed by atoms with E-state index in [4.69, 9.17) is 4.74 Å².